The van der Waals surface area contributed by atoms with Crippen molar-refractivity contribution in [1.82, 2.24) is 9.97 Å². The van der Waals surface area contributed by atoms with Gasteiger partial charge in [0.1, 0.15) is 36.2 Å². The molecular weight excluding hydrogens is 793 g/mol. The number of pyridine rings is 2. The molecule has 2 aromatic heterocycles. The molecule has 0 amide bonds. The zero-order chi connectivity index (χ0) is 46.2. The van der Waals surface area contributed by atoms with Gasteiger partial charge >= 0.3 is 0 Å². The summed E-state index contributed by atoms with van der Waals surface area (Å²) in [7, 11) is 0. The van der Waals surface area contributed by atoms with Crippen molar-refractivity contribution in [1.29, 1.82) is 0 Å². The number of phenols is 2. The average molecular weight is 861 g/mol. The largest absolute Gasteiger partial charge is 0.507 e. The van der Waals surface area contributed by atoms with Gasteiger partial charge in [-0.2, -0.15) is 0 Å². The first kappa shape index (κ1) is 46.3. The van der Waals surface area contributed by atoms with Crippen molar-refractivity contribution in [2.24, 2.45) is 0 Å². The summed E-state index contributed by atoms with van der Waals surface area (Å²) in [4.78, 5) is 9.26. The van der Waals surface area contributed by atoms with Crippen LogP contribution < -0.4 is 9.47 Å². The number of nitrogens with zero attached hydrogens (tertiary/aromatic N) is 2. The van der Waals surface area contributed by atoms with E-state index in [2.05, 4.69) is 142 Å². The maximum atomic E-state index is 12.2. The van der Waals surface area contributed by atoms with Gasteiger partial charge in [0, 0.05) is 42.8 Å². The summed E-state index contributed by atoms with van der Waals surface area (Å²) in [5.74, 6) is 1.93. The smallest absolute Gasteiger partial charge is 0.130 e. The van der Waals surface area contributed by atoms with E-state index in [4.69, 9.17) is 14.2 Å². The molecule has 7 nitrogen and oxygen atoms in total. The van der Waals surface area contributed by atoms with E-state index in [0.29, 0.717) is 30.4 Å². The lowest BCUT2D eigenvalue weighted by atomic mass is 9.80. The van der Waals surface area contributed by atoms with E-state index in [1.54, 1.807) is 12.4 Å². The van der Waals surface area contributed by atoms with Gasteiger partial charge in [-0.05, 0) is 114 Å². The molecule has 0 saturated carbocycles. The van der Waals surface area contributed by atoms with E-state index in [1.807, 2.05) is 36.4 Å². The second kappa shape index (κ2) is 18.1. The van der Waals surface area contributed by atoms with E-state index in [1.165, 1.54) is 0 Å². The van der Waals surface area contributed by atoms with Crippen LogP contribution in [-0.2, 0) is 72.1 Å². The summed E-state index contributed by atoms with van der Waals surface area (Å²) in [6.45, 7) is 27.4. The van der Waals surface area contributed by atoms with Gasteiger partial charge in [-0.15, -0.1) is 0 Å². The molecule has 3 heterocycles. The summed E-state index contributed by atoms with van der Waals surface area (Å²) in [6.07, 6.45) is 4.92. The molecule has 0 fully saturated rings. The van der Waals surface area contributed by atoms with Crippen LogP contribution in [0.2, 0.25) is 0 Å². The van der Waals surface area contributed by atoms with Gasteiger partial charge in [0.25, 0.3) is 0 Å². The highest BCUT2D eigenvalue weighted by molar-refractivity contribution is 5.58. The number of ether oxygens (including phenoxy) is 3. The molecule has 0 atom stereocenters. The molecular formula is C57H68N2O5. The van der Waals surface area contributed by atoms with E-state index < -0.39 is 0 Å². The number of aromatic nitrogens is 2. The normalized spacial score (nSPS) is 13.8. The second-order valence-electron chi connectivity index (χ2n) is 21.8. The highest BCUT2D eigenvalue weighted by atomic mass is 16.5. The molecule has 0 aliphatic carbocycles. The number of benzene rings is 4. The quantitative estimate of drug-likeness (QED) is 0.172. The molecule has 64 heavy (non-hydrogen) atoms. The van der Waals surface area contributed by atoms with Crippen LogP contribution in [-0.4, -0.2) is 20.2 Å². The SMILES string of the molecule is CC(C)(C)c1cc2c(O)c(c1)Cc1cc(C(C)(C)C)cc(c1OCc1ccccn1)Cc1cc(C(C)(C)C)cc(c1OCc1ccccn1)Cc1cc(C(C)(C)C)cc(c1O)COC2. The number of fused-ring (bicyclic) bond motifs is 8. The van der Waals surface area contributed by atoms with Crippen molar-refractivity contribution in [2.45, 2.75) is 150 Å². The molecule has 7 rings (SSSR count). The van der Waals surface area contributed by atoms with E-state index in [0.717, 1.165) is 78.5 Å². The summed E-state index contributed by atoms with van der Waals surface area (Å²) in [5.41, 5.74) is 12.3. The number of hydrogen-bond acceptors (Lipinski definition) is 7. The monoisotopic (exact) mass is 861 g/mol. The zero-order valence-corrected chi connectivity index (χ0v) is 40.2. The fourth-order valence-electron chi connectivity index (χ4n) is 8.29. The fraction of sp³-hybridized carbons (Fsp3) is 0.404. The summed E-state index contributed by atoms with van der Waals surface area (Å²) < 4.78 is 20.5. The van der Waals surface area contributed by atoms with Crippen LogP contribution in [0.3, 0.4) is 0 Å². The lowest BCUT2D eigenvalue weighted by Gasteiger charge is -2.28. The predicted molar refractivity (Wildman–Crippen MR) is 258 cm³/mol. The first-order valence-electron chi connectivity index (χ1n) is 22.7. The Morgan fingerprint density at radius 1 is 0.438 bits per heavy atom. The van der Waals surface area contributed by atoms with E-state index >= 15 is 0 Å². The van der Waals surface area contributed by atoms with Crippen molar-refractivity contribution in [3.63, 3.8) is 0 Å². The Morgan fingerprint density at radius 2 is 0.734 bits per heavy atom. The molecule has 0 spiro atoms. The van der Waals surface area contributed by atoms with Crippen LogP contribution in [0.25, 0.3) is 0 Å². The van der Waals surface area contributed by atoms with Gasteiger partial charge < -0.3 is 24.4 Å². The minimum absolute atomic E-state index is 0.163. The van der Waals surface area contributed by atoms with Gasteiger partial charge in [0.15, 0.2) is 0 Å². The predicted octanol–water partition coefficient (Wildman–Crippen LogP) is 13.0. The third-order valence-corrected chi connectivity index (χ3v) is 12.3. The Bertz CT molecular complexity index is 2430. The van der Waals surface area contributed by atoms with Crippen molar-refractivity contribution in [2.75, 3.05) is 0 Å². The fourth-order valence-corrected chi connectivity index (χ4v) is 8.29. The molecule has 7 heteroatoms. The summed E-state index contributed by atoms with van der Waals surface area (Å²) >= 11 is 0. The van der Waals surface area contributed by atoms with Crippen LogP contribution in [0.5, 0.6) is 23.0 Å². The van der Waals surface area contributed by atoms with E-state index in [-0.39, 0.29) is 59.6 Å². The molecule has 6 aromatic rings. The highest BCUT2D eigenvalue weighted by Crippen LogP contribution is 2.43. The average Bonchev–Trinajstić information content (AvgIpc) is 3.21. The maximum Gasteiger partial charge on any atom is 0.130 e. The topological polar surface area (TPSA) is 93.9 Å². The van der Waals surface area contributed by atoms with Crippen molar-refractivity contribution >= 4 is 0 Å². The maximum absolute atomic E-state index is 12.2. The van der Waals surface area contributed by atoms with Gasteiger partial charge in [-0.3, -0.25) is 9.97 Å². The van der Waals surface area contributed by atoms with Crippen LogP contribution in [0.1, 0.15) is 161 Å². The van der Waals surface area contributed by atoms with Gasteiger partial charge in [-0.25, -0.2) is 0 Å². The Hall–Kier alpha value is -5.66. The number of phenolic OH excluding ortho intramolecular Hbond substituents is 2. The standard InChI is InChI=1S/C57H68N2O5/c1-54(2,3)44-24-36-21-38-26-46(56(7,8)9)28-40(52(38)63-34-48-17-13-15-19-58-48)23-41-29-47(57(10,11)12)27-39(53(41)64-35-49-18-14-16-20-59-49)22-37-25-45(55(4,5)6)31-43(51(37)61)33-62-32-42(30-44)50(36)60/h13-20,24-31,60-61H,21-23,32-35H2,1-12H3. The van der Waals surface area contributed by atoms with Crippen LogP contribution in [0, 0.1) is 0 Å². The lowest BCUT2D eigenvalue weighted by molar-refractivity contribution is 0.103. The Kier molecular flexibility index (Phi) is 13.1. The first-order chi connectivity index (χ1) is 30.0. The van der Waals surface area contributed by atoms with Crippen LogP contribution >= 0.6 is 0 Å². The Balaban J connectivity index is 1.55. The molecule has 1 aliphatic heterocycles. The first-order valence-corrected chi connectivity index (χ1v) is 22.7. The molecule has 0 saturated heterocycles. The molecule has 0 radical (unpaired) electrons. The molecule has 0 unspecified atom stereocenters. The number of hydrogen-bond donors (Lipinski definition) is 2. The molecule has 336 valence electrons. The Labute approximate surface area is 381 Å². The van der Waals surface area contributed by atoms with Gasteiger partial charge in [-0.1, -0.05) is 132 Å². The van der Waals surface area contributed by atoms with Crippen molar-refractivity contribution < 1.29 is 24.4 Å². The van der Waals surface area contributed by atoms with E-state index in [9.17, 15) is 10.2 Å². The molecule has 1 aliphatic rings. The Morgan fingerprint density at radius 3 is 1.03 bits per heavy atom. The van der Waals surface area contributed by atoms with Gasteiger partial charge in [0.2, 0.25) is 0 Å². The molecule has 8 bridgehead atoms. The van der Waals surface area contributed by atoms with Crippen molar-refractivity contribution in [3.8, 4) is 23.0 Å². The van der Waals surface area contributed by atoms with Crippen molar-refractivity contribution in [3.05, 3.63) is 175 Å². The third kappa shape index (κ3) is 10.8. The lowest BCUT2D eigenvalue weighted by Crippen LogP contribution is -2.16. The van der Waals surface area contributed by atoms with Crippen LogP contribution in [0.4, 0.5) is 0 Å². The zero-order valence-electron chi connectivity index (χ0n) is 40.2. The third-order valence-electron chi connectivity index (χ3n) is 12.3. The summed E-state index contributed by atoms with van der Waals surface area (Å²) in [5, 5.41) is 24.4. The number of rotatable bonds is 6. The second-order valence-corrected chi connectivity index (χ2v) is 21.8. The molecule has 4 aromatic carbocycles. The minimum Gasteiger partial charge on any atom is -0.507 e. The number of aromatic hydroxyl groups is 2. The summed E-state index contributed by atoms with van der Waals surface area (Å²) in [6, 6.07) is 29.2. The minimum atomic E-state index is -0.210. The molecule has 2 N–H and O–H groups in total. The van der Waals surface area contributed by atoms with Crippen LogP contribution in [0.15, 0.2) is 97.3 Å². The van der Waals surface area contributed by atoms with Gasteiger partial charge in [0.05, 0.1) is 24.6 Å². The highest BCUT2D eigenvalue weighted by Gasteiger charge is 2.28.